The number of nitrogens with one attached hydrogen (secondary N) is 1. The molecule has 0 bridgehead atoms. The second-order valence-electron chi connectivity index (χ2n) is 3.48. The van der Waals surface area contributed by atoms with Crippen molar-refractivity contribution in [2.45, 2.75) is 6.42 Å². The Kier molecular flexibility index (Phi) is 12.0. The SMILES string of the molecule is C=CC(=O)NCCOCCOCCOCCC(=O)O. The Morgan fingerprint density at radius 1 is 1.00 bits per heavy atom. The predicted molar refractivity (Wildman–Crippen MR) is 67.9 cm³/mol. The van der Waals surface area contributed by atoms with Crippen LogP contribution in [0.15, 0.2) is 12.7 Å². The molecule has 0 fully saturated rings. The summed E-state index contributed by atoms with van der Waals surface area (Å²) in [5.74, 6) is -1.10. The number of aliphatic carboxylic acids is 1. The van der Waals surface area contributed by atoms with Crippen LogP contribution in [0.2, 0.25) is 0 Å². The maximum Gasteiger partial charge on any atom is 0.305 e. The lowest BCUT2D eigenvalue weighted by Crippen LogP contribution is -2.25. The van der Waals surface area contributed by atoms with Crippen LogP contribution < -0.4 is 5.32 Å². The fourth-order valence-corrected chi connectivity index (χ4v) is 1.02. The summed E-state index contributed by atoms with van der Waals surface area (Å²) < 4.78 is 15.4. The predicted octanol–water partition coefficient (Wildman–Crippen LogP) is -0.187. The molecule has 0 aliphatic carbocycles. The van der Waals surface area contributed by atoms with Gasteiger partial charge in [0.05, 0.1) is 46.1 Å². The number of carboxylic acid groups (broad SMARTS) is 1. The lowest BCUT2D eigenvalue weighted by atomic mass is 10.5. The third kappa shape index (κ3) is 14.5. The molecule has 1 amide bonds. The van der Waals surface area contributed by atoms with Gasteiger partial charge in [0.25, 0.3) is 0 Å². The molecule has 0 heterocycles. The summed E-state index contributed by atoms with van der Waals surface area (Å²) in [7, 11) is 0. The number of carbonyl (C=O) groups excluding carboxylic acids is 1. The largest absolute Gasteiger partial charge is 0.481 e. The number of carbonyl (C=O) groups is 2. The smallest absolute Gasteiger partial charge is 0.305 e. The monoisotopic (exact) mass is 275 g/mol. The maximum absolute atomic E-state index is 10.8. The molecule has 0 aliphatic rings. The zero-order valence-electron chi connectivity index (χ0n) is 10.9. The van der Waals surface area contributed by atoms with Gasteiger partial charge in [-0.3, -0.25) is 9.59 Å². The van der Waals surface area contributed by atoms with Gasteiger partial charge in [-0.05, 0) is 6.08 Å². The standard InChI is InChI=1S/C12H21NO6/c1-2-11(14)13-4-6-18-8-10-19-9-7-17-5-3-12(15)16/h2H,1,3-10H2,(H,13,14)(H,15,16). The van der Waals surface area contributed by atoms with Gasteiger partial charge in [-0.2, -0.15) is 0 Å². The molecule has 0 saturated heterocycles. The molecule has 0 aromatic carbocycles. The van der Waals surface area contributed by atoms with Crippen molar-refractivity contribution in [1.82, 2.24) is 5.32 Å². The minimum Gasteiger partial charge on any atom is -0.481 e. The molecule has 110 valence electrons. The lowest BCUT2D eigenvalue weighted by Gasteiger charge is -2.06. The molecule has 0 saturated carbocycles. The van der Waals surface area contributed by atoms with E-state index in [1.165, 1.54) is 6.08 Å². The van der Waals surface area contributed by atoms with Crippen LogP contribution >= 0.6 is 0 Å². The van der Waals surface area contributed by atoms with E-state index < -0.39 is 5.97 Å². The molecule has 0 spiro atoms. The highest BCUT2D eigenvalue weighted by molar-refractivity contribution is 5.86. The van der Waals surface area contributed by atoms with E-state index in [0.29, 0.717) is 39.6 Å². The first-order valence-electron chi connectivity index (χ1n) is 6.02. The van der Waals surface area contributed by atoms with Crippen LogP contribution in [-0.4, -0.2) is 63.2 Å². The van der Waals surface area contributed by atoms with E-state index in [9.17, 15) is 9.59 Å². The average molecular weight is 275 g/mol. The maximum atomic E-state index is 10.8. The summed E-state index contributed by atoms with van der Waals surface area (Å²) in [6, 6.07) is 0. The first kappa shape index (κ1) is 17.6. The highest BCUT2D eigenvalue weighted by Gasteiger charge is 1.96. The molecule has 0 aromatic heterocycles. The van der Waals surface area contributed by atoms with Crippen molar-refractivity contribution in [1.29, 1.82) is 0 Å². The number of carboxylic acids is 1. The van der Waals surface area contributed by atoms with Crippen molar-refractivity contribution < 1.29 is 28.9 Å². The van der Waals surface area contributed by atoms with Crippen LogP contribution in [0.4, 0.5) is 0 Å². The topological polar surface area (TPSA) is 94.1 Å². The second-order valence-corrected chi connectivity index (χ2v) is 3.48. The Balaban J connectivity index is 3.05. The molecule has 2 N–H and O–H groups in total. The molecular formula is C12H21NO6. The third-order valence-corrected chi connectivity index (χ3v) is 1.94. The van der Waals surface area contributed by atoms with E-state index in [2.05, 4.69) is 11.9 Å². The summed E-state index contributed by atoms with van der Waals surface area (Å²) in [4.78, 5) is 20.9. The summed E-state index contributed by atoms with van der Waals surface area (Å²) in [6.07, 6.45) is 1.20. The van der Waals surface area contributed by atoms with Gasteiger partial charge in [0.1, 0.15) is 0 Å². The second kappa shape index (κ2) is 13.0. The van der Waals surface area contributed by atoms with Gasteiger partial charge in [-0.25, -0.2) is 0 Å². The summed E-state index contributed by atoms with van der Waals surface area (Å²) in [5, 5.41) is 10.9. The van der Waals surface area contributed by atoms with Gasteiger partial charge >= 0.3 is 5.97 Å². The third-order valence-electron chi connectivity index (χ3n) is 1.94. The van der Waals surface area contributed by atoms with E-state index in [1.807, 2.05) is 0 Å². The molecule has 0 atom stereocenters. The fraction of sp³-hybridized carbons (Fsp3) is 0.667. The molecule has 7 heteroatoms. The van der Waals surface area contributed by atoms with Crippen LogP contribution in [0.3, 0.4) is 0 Å². The average Bonchev–Trinajstić information content (AvgIpc) is 2.39. The summed E-state index contributed by atoms with van der Waals surface area (Å²) in [6.45, 7) is 5.98. The summed E-state index contributed by atoms with van der Waals surface area (Å²) >= 11 is 0. The first-order chi connectivity index (χ1) is 9.16. The Hall–Kier alpha value is -1.44. The zero-order valence-corrected chi connectivity index (χ0v) is 10.9. The number of rotatable bonds is 13. The minimum atomic E-state index is -0.877. The van der Waals surface area contributed by atoms with Crippen molar-refractivity contribution in [3.63, 3.8) is 0 Å². The number of hydrogen-bond donors (Lipinski definition) is 2. The molecule has 0 radical (unpaired) electrons. The molecule has 0 rings (SSSR count). The van der Waals surface area contributed by atoms with Crippen molar-refractivity contribution >= 4 is 11.9 Å². The van der Waals surface area contributed by atoms with Crippen molar-refractivity contribution in [3.8, 4) is 0 Å². The van der Waals surface area contributed by atoms with Gasteiger partial charge in [0, 0.05) is 6.54 Å². The molecule has 0 unspecified atom stereocenters. The quantitative estimate of drug-likeness (QED) is 0.357. The van der Waals surface area contributed by atoms with Crippen LogP contribution in [-0.2, 0) is 23.8 Å². The van der Waals surface area contributed by atoms with Gasteiger partial charge in [-0.1, -0.05) is 6.58 Å². The zero-order chi connectivity index (χ0) is 14.3. The van der Waals surface area contributed by atoms with Crippen molar-refractivity contribution in [2.75, 3.05) is 46.2 Å². The van der Waals surface area contributed by atoms with Crippen molar-refractivity contribution in [2.24, 2.45) is 0 Å². The Morgan fingerprint density at radius 2 is 1.53 bits per heavy atom. The van der Waals surface area contributed by atoms with E-state index in [1.54, 1.807) is 0 Å². The summed E-state index contributed by atoms with van der Waals surface area (Å²) in [5.41, 5.74) is 0. The van der Waals surface area contributed by atoms with Gasteiger partial charge in [0.15, 0.2) is 0 Å². The van der Waals surface area contributed by atoms with E-state index in [-0.39, 0.29) is 18.9 Å². The molecule has 0 aromatic rings. The van der Waals surface area contributed by atoms with Crippen molar-refractivity contribution in [3.05, 3.63) is 12.7 Å². The van der Waals surface area contributed by atoms with Gasteiger partial charge < -0.3 is 24.6 Å². The minimum absolute atomic E-state index is 0.000456. The number of amides is 1. The van der Waals surface area contributed by atoms with Crippen LogP contribution in [0, 0.1) is 0 Å². The Morgan fingerprint density at radius 3 is 2.05 bits per heavy atom. The van der Waals surface area contributed by atoms with Gasteiger partial charge in [0.2, 0.25) is 5.91 Å². The van der Waals surface area contributed by atoms with E-state index in [0.717, 1.165) is 0 Å². The van der Waals surface area contributed by atoms with E-state index >= 15 is 0 Å². The lowest BCUT2D eigenvalue weighted by molar-refractivity contribution is -0.138. The number of hydrogen-bond acceptors (Lipinski definition) is 5. The van der Waals surface area contributed by atoms with E-state index in [4.69, 9.17) is 19.3 Å². The Labute approximate surface area is 112 Å². The normalized spacial score (nSPS) is 10.1. The van der Waals surface area contributed by atoms with Crippen LogP contribution in [0.25, 0.3) is 0 Å². The van der Waals surface area contributed by atoms with Crippen LogP contribution in [0.5, 0.6) is 0 Å². The van der Waals surface area contributed by atoms with Crippen LogP contribution in [0.1, 0.15) is 6.42 Å². The molecule has 19 heavy (non-hydrogen) atoms. The number of ether oxygens (including phenoxy) is 3. The molecule has 0 aliphatic heterocycles. The Bertz CT molecular complexity index is 269. The molecular weight excluding hydrogens is 254 g/mol. The highest BCUT2D eigenvalue weighted by Crippen LogP contribution is 1.84. The fourth-order valence-electron chi connectivity index (χ4n) is 1.02. The molecule has 7 nitrogen and oxygen atoms in total. The van der Waals surface area contributed by atoms with Gasteiger partial charge in [-0.15, -0.1) is 0 Å². The highest BCUT2D eigenvalue weighted by atomic mass is 16.5. The first-order valence-corrected chi connectivity index (χ1v) is 6.02.